The van der Waals surface area contributed by atoms with E-state index >= 15 is 0 Å². The molecular weight excluding hydrogens is 302 g/mol. The van der Waals surface area contributed by atoms with Crippen LogP contribution in [0.1, 0.15) is 16.7 Å². The van der Waals surface area contributed by atoms with E-state index in [1.54, 1.807) is 31.6 Å². The molecule has 0 saturated heterocycles. The van der Waals surface area contributed by atoms with Gasteiger partial charge in [-0.15, -0.1) is 0 Å². The maximum absolute atomic E-state index is 12.9. The third-order valence-corrected chi connectivity index (χ3v) is 5.44. The molecule has 0 fully saturated rings. The molecule has 0 aliphatic heterocycles. The van der Waals surface area contributed by atoms with Gasteiger partial charge in [0.2, 0.25) is 10.0 Å². The van der Waals surface area contributed by atoms with E-state index in [4.69, 9.17) is 9.15 Å². The number of methoxy groups -OCH3 is 1. The molecule has 0 bridgehead atoms. The maximum Gasteiger partial charge on any atom is 0.243 e. The highest BCUT2D eigenvalue weighted by Crippen LogP contribution is 2.21. The zero-order chi connectivity index (χ0) is 16.2. The molecular formula is C16H21NO4S. The number of ether oxygens (including phenoxy) is 1. The molecule has 0 amide bonds. The summed E-state index contributed by atoms with van der Waals surface area (Å²) in [6.45, 7) is 4.75. The lowest BCUT2D eigenvalue weighted by Gasteiger charge is -2.21. The Hall–Kier alpha value is -1.63. The zero-order valence-electron chi connectivity index (χ0n) is 13.1. The summed E-state index contributed by atoms with van der Waals surface area (Å²) in [6, 6.07) is 6.94. The van der Waals surface area contributed by atoms with Crippen LogP contribution in [-0.4, -0.2) is 33.0 Å². The lowest BCUT2D eigenvalue weighted by atomic mass is 10.1. The molecule has 0 atom stereocenters. The Morgan fingerprint density at radius 1 is 1.18 bits per heavy atom. The second-order valence-electron chi connectivity index (χ2n) is 5.21. The van der Waals surface area contributed by atoms with E-state index in [0.29, 0.717) is 11.5 Å². The van der Waals surface area contributed by atoms with Crippen LogP contribution in [0.15, 0.2) is 46.1 Å². The van der Waals surface area contributed by atoms with Crippen molar-refractivity contribution in [3.05, 3.63) is 53.5 Å². The van der Waals surface area contributed by atoms with E-state index in [1.807, 2.05) is 19.9 Å². The molecule has 1 aromatic carbocycles. The predicted molar refractivity (Wildman–Crippen MR) is 84.1 cm³/mol. The van der Waals surface area contributed by atoms with Crippen molar-refractivity contribution in [1.29, 1.82) is 0 Å². The molecule has 1 heterocycles. The molecule has 0 aliphatic carbocycles. The quantitative estimate of drug-likeness (QED) is 0.786. The van der Waals surface area contributed by atoms with Crippen LogP contribution in [0.2, 0.25) is 0 Å². The molecule has 22 heavy (non-hydrogen) atoms. The van der Waals surface area contributed by atoms with Crippen LogP contribution >= 0.6 is 0 Å². The molecule has 0 unspecified atom stereocenters. The highest BCUT2D eigenvalue weighted by atomic mass is 32.2. The molecule has 2 aromatic rings. The average Bonchev–Trinajstić information content (AvgIpc) is 2.99. The lowest BCUT2D eigenvalue weighted by Crippen LogP contribution is -2.33. The molecule has 6 heteroatoms. The normalized spacial score (nSPS) is 12.0. The summed E-state index contributed by atoms with van der Waals surface area (Å²) in [5.74, 6) is 0. The van der Waals surface area contributed by atoms with Gasteiger partial charge in [-0.25, -0.2) is 8.42 Å². The standard InChI is InChI=1S/C16H21NO4S/c1-13-4-5-16(10-14(13)2)22(18,19)17(7-9-20-3)11-15-6-8-21-12-15/h4-6,8,10,12H,7,9,11H2,1-3H3. The van der Waals surface area contributed by atoms with Crippen molar-refractivity contribution in [2.24, 2.45) is 0 Å². The number of nitrogens with zero attached hydrogens (tertiary/aromatic N) is 1. The largest absolute Gasteiger partial charge is 0.472 e. The second-order valence-corrected chi connectivity index (χ2v) is 7.15. The Morgan fingerprint density at radius 2 is 1.95 bits per heavy atom. The van der Waals surface area contributed by atoms with E-state index < -0.39 is 10.0 Å². The molecule has 0 radical (unpaired) electrons. The van der Waals surface area contributed by atoms with E-state index in [9.17, 15) is 8.42 Å². The van der Waals surface area contributed by atoms with Gasteiger partial charge < -0.3 is 9.15 Å². The van der Waals surface area contributed by atoms with Gasteiger partial charge in [0, 0.05) is 25.8 Å². The van der Waals surface area contributed by atoms with Gasteiger partial charge in [0.15, 0.2) is 0 Å². The topological polar surface area (TPSA) is 59.8 Å². The minimum Gasteiger partial charge on any atom is -0.472 e. The summed E-state index contributed by atoms with van der Waals surface area (Å²) in [5, 5.41) is 0. The second kappa shape index (κ2) is 7.09. The van der Waals surface area contributed by atoms with Gasteiger partial charge in [-0.3, -0.25) is 0 Å². The zero-order valence-corrected chi connectivity index (χ0v) is 13.9. The van der Waals surface area contributed by atoms with Crippen LogP contribution in [0.3, 0.4) is 0 Å². The van der Waals surface area contributed by atoms with Crippen LogP contribution in [0.5, 0.6) is 0 Å². The first kappa shape index (κ1) is 16.7. The highest BCUT2D eigenvalue weighted by molar-refractivity contribution is 7.89. The van der Waals surface area contributed by atoms with E-state index in [2.05, 4.69) is 0 Å². The van der Waals surface area contributed by atoms with Crippen molar-refractivity contribution in [2.45, 2.75) is 25.3 Å². The Labute approximate surface area is 131 Å². The van der Waals surface area contributed by atoms with Crippen LogP contribution < -0.4 is 0 Å². The molecule has 120 valence electrons. The van der Waals surface area contributed by atoms with Gasteiger partial charge in [-0.1, -0.05) is 6.07 Å². The van der Waals surface area contributed by atoms with Gasteiger partial charge in [-0.05, 0) is 43.2 Å². The average molecular weight is 323 g/mol. The smallest absolute Gasteiger partial charge is 0.243 e. The minimum atomic E-state index is -3.58. The number of hydrogen-bond donors (Lipinski definition) is 0. The summed E-state index contributed by atoms with van der Waals surface area (Å²) in [7, 11) is -2.02. The van der Waals surface area contributed by atoms with Crippen molar-refractivity contribution in [3.8, 4) is 0 Å². The number of rotatable bonds is 7. The van der Waals surface area contributed by atoms with Crippen molar-refractivity contribution in [2.75, 3.05) is 20.3 Å². The summed E-state index contributed by atoms with van der Waals surface area (Å²) >= 11 is 0. The van der Waals surface area contributed by atoms with Crippen molar-refractivity contribution < 1.29 is 17.6 Å². The number of benzene rings is 1. The fourth-order valence-corrected chi connectivity index (χ4v) is 3.58. The monoisotopic (exact) mass is 323 g/mol. The first-order valence-corrected chi connectivity index (χ1v) is 8.46. The van der Waals surface area contributed by atoms with E-state index in [-0.39, 0.29) is 13.1 Å². The Kier molecular flexibility index (Phi) is 5.39. The molecule has 2 rings (SSSR count). The number of sulfonamides is 1. The third-order valence-electron chi connectivity index (χ3n) is 3.60. The number of hydrogen-bond acceptors (Lipinski definition) is 4. The van der Waals surface area contributed by atoms with Gasteiger partial charge in [0.05, 0.1) is 24.0 Å². The highest BCUT2D eigenvalue weighted by Gasteiger charge is 2.25. The molecule has 0 N–H and O–H groups in total. The first-order valence-electron chi connectivity index (χ1n) is 7.02. The summed E-state index contributed by atoms with van der Waals surface area (Å²) in [6.07, 6.45) is 3.09. The van der Waals surface area contributed by atoms with Crippen molar-refractivity contribution in [3.63, 3.8) is 0 Å². The summed E-state index contributed by atoms with van der Waals surface area (Å²) in [4.78, 5) is 0.301. The van der Waals surface area contributed by atoms with Gasteiger partial charge in [-0.2, -0.15) is 4.31 Å². The van der Waals surface area contributed by atoms with Crippen LogP contribution in [-0.2, 0) is 21.3 Å². The first-order chi connectivity index (χ1) is 10.4. The van der Waals surface area contributed by atoms with Gasteiger partial charge in [0.1, 0.15) is 0 Å². The molecule has 0 spiro atoms. The molecule has 5 nitrogen and oxygen atoms in total. The van der Waals surface area contributed by atoms with Crippen LogP contribution in [0, 0.1) is 13.8 Å². The molecule has 0 aliphatic rings. The summed E-state index contributed by atoms with van der Waals surface area (Å²) < 4.78 is 37.2. The van der Waals surface area contributed by atoms with Crippen molar-refractivity contribution >= 4 is 10.0 Å². The molecule has 0 saturated carbocycles. The Bertz CT molecular complexity index is 708. The maximum atomic E-state index is 12.9. The van der Waals surface area contributed by atoms with E-state index in [0.717, 1.165) is 16.7 Å². The van der Waals surface area contributed by atoms with E-state index in [1.165, 1.54) is 10.6 Å². The lowest BCUT2D eigenvalue weighted by molar-refractivity contribution is 0.177. The predicted octanol–water partition coefficient (Wildman–Crippen LogP) is 2.73. The fraction of sp³-hybridized carbons (Fsp3) is 0.375. The number of aryl methyl sites for hydroxylation is 2. The van der Waals surface area contributed by atoms with Gasteiger partial charge in [0.25, 0.3) is 0 Å². The van der Waals surface area contributed by atoms with Crippen LogP contribution in [0.25, 0.3) is 0 Å². The Morgan fingerprint density at radius 3 is 2.55 bits per heavy atom. The molecule has 1 aromatic heterocycles. The summed E-state index contributed by atoms with van der Waals surface area (Å²) in [5.41, 5.74) is 2.83. The van der Waals surface area contributed by atoms with Crippen LogP contribution in [0.4, 0.5) is 0 Å². The Balaban J connectivity index is 2.32. The van der Waals surface area contributed by atoms with Gasteiger partial charge >= 0.3 is 0 Å². The SMILES string of the molecule is COCCN(Cc1ccoc1)S(=O)(=O)c1ccc(C)c(C)c1. The fourth-order valence-electron chi connectivity index (χ4n) is 2.09. The number of furan rings is 1. The van der Waals surface area contributed by atoms with Crippen molar-refractivity contribution in [1.82, 2.24) is 4.31 Å². The minimum absolute atomic E-state index is 0.259. The third kappa shape index (κ3) is 3.76.